The van der Waals surface area contributed by atoms with E-state index in [2.05, 4.69) is 5.32 Å². The van der Waals surface area contributed by atoms with E-state index < -0.39 is 6.17 Å². The highest BCUT2D eigenvalue weighted by molar-refractivity contribution is 5.98. The Balaban J connectivity index is 1.83. The summed E-state index contributed by atoms with van der Waals surface area (Å²) >= 11 is 0. The van der Waals surface area contributed by atoms with Crippen molar-refractivity contribution in [2.45, 2.75) is 39.1 Å². The molecular weight excluding hydrogens is 376 g/mol. The summed E-state index contributed by atoms with van der Waals surface area (Å²) in [6, 6.07) is 25.0. The molecule has 3 N–H and O–H groups in total. The van der Waals surface area contributed by atoms with Gasteiger partial charge in [-0.05, 0) is 29.7 Å². The molecule has 3 aromatic carbocycles. The van der Waals surface area contributed by atoms with Gasteiger partial charge in [-0.25, -0.2) is 0 Å². The summed E-state index contributed by atoms with van der Waals surface area (Å²) in [5.74, 6) is 0.661. The van der Waals surface area contributed by atoms with Crippen LogP contribution in [0.25, 0.3) is 0 Å². The average Bonchev–Trinajstić information content (AvgIpc) is 2.78. The number of carbonyl (C=O) groups is 1. The van der Waals surface area contributed by atoms with Crippen molar-refractivity contribution in [1.29, 1.82) is 0 Å². The van der Waals surface area contributed by atoms with E-state index in [9.17, 15) is 4.79 Å². The van der Waals surface area contributed by atoms with Gasteiger partial charge >= 0.3 is 0 Å². The standard InChI is InChI=1S/C25H28N2O3/c1-2-10-23(26)27-25(28)21-15-9-16-22(29-17-19-11-5-3-6-12-19)24(21)30-18-20-13-7-4-8-14-20/h3-9,11-16,23H,2,10,17-18,26H2,1H3,(H,27,28). The van der Waals surface area contributed by atoms with Crippen molar-refractivity contribution in [2.75, 3.05) is 0 Å². The minimum atomic E-state index is -0.404. The van der Waals surface area contributed by atoms with E-state index in [1.165, 1.54) is 0 Å². The Kier molecular flexibility index (Phi) is 7.86. The number of nitrogens with two attached hydrogens (primary N) is 1. The molecule has 1 unspecified atom stereocenters. The number of hydrogen-bond donors (Lipinski definition) is 2. The first-order valence-electron chi connectivity index (χ1n) is 10.2. The Morgan fingerprint density at radius 1 is 0.867 bits per heavy atom. The molecule has 0 aliphatic heterocycles. The van der Waals surface area contributed by atoms with Gasteiger partial charge in [0.05, 0.1) is 11.7 Å². The molecule has 1 amide bonds. The predicted octanol–water partition coefficient (Wildman–Crippen LogP) is 4.66. The van der Waals surface area contributed by atoms with Gasteiger partial charge in [-0.2, -0.15) is 0 Å². The predicted molar refractivity (Wildman–Crippen MR) is 118 cm³/mol. The molecule has 5 heteroatoms. The lowest BCUT2D eigenvalue weighted by Crippen LogP contribution is -2.41. The van der Waals surface area contributed by atoms with Gasteiger partial charge in [0.1, 0.15) is 13.2 Å². The van der Waals surface area contributed by atoms with Gasteiger partial charge in [0.25, 0.3) is 5.91 Å². The Morgan fingerprint density at radius 3 is 2.07 bits per heavy atom. The monoisotopic (exact) mass is 404 g/mol. The number of hydrogen-bond acceptors (Lipinski definition) is 4. The number of nitrogens with one attached hydrogen (secondary N) is 1. The van der Waals surface area contributed by atoms with Crippen LogP contribution in [0.3, 0.4) is 0 Å². The molecule has 1 atom stereocenters. The summed E-state index contributed by atoms with van der Waals surface area (Å²) in [7, 11) is 0. The second-order valence-electron chi connectivity index (χ2n) is 7.05. The van der Waals surface area contributed by atoms with E-state index in [0.29, 0.717) is 36.7 Å². The number of ether oxygens (including phenoxy) is 2. The second-order valence-corrected chi connectivity index (χ2v) is 7.05. The summed E-state index contributed by atoms with van der Waals surface area (Å²) in [5, 5.41) is 2.84. The average molecular weight is 405 g/mol. The van der Waals surface area contributed by atoms with Crippen LogP contribution < -0.4 is 20.5 Å². The van der Waals surface area contributed by atoms with Crippen LogP contribution in [0.2, 0.25) is 0 Å². The SMILES string of the molecule is CCCC(N)NC(=O)c1cccc(OCc2ccccc2)c1OCc1ccccc1. The van der Waals surface area contributed by atoms with Crippen LogP contribution in [0.15, 0.2) is 78.9 Å². The highest BCUT2D eigenvalue weighted by Gasteiger charge is 2.19. The quantitative estimate of drug-likeness (QED) is 0.482. The smallest absolute Gasteiger partial charge is 0.256 e. The van der Waals surface area contributed by atoms with Gasteiger partial charge in [-0.3, -0.25) is 4.79 Å². The maximum atomic E-state index is 12.9. The maximum Gasteiger partial charge on any atom is 0.256 e. The van der Waals surface area contributed by atoms with Gasteiger partial charge in [-0.15, -0.1) is 0 Å². The molecule has 0 bridgehead atoms. The largest absolute Gasteiger partial charge is 0.485 e. The van der Waals surface area contributed by atoms with Gasteiger partial charge in [0, 0.05) is 0 Å². The molecule has 5 nitrogen and oxygen atoms in total. The van der Waals surface area contributed by atoms with Crippen molar-refractivity contribution in [3.63, 3.8) is 0 Å². The molecule has 0 spiro atoms. The molecule has 0 aromatic heterocycles. The minimum Gasteiger partial charge on any atom is -0.485 e. The third kappa shape index (κ3) is 6.09. The van der Waals surface area contributed by atoms with Crippen molar-refractivity contribution >= 4 is 5.91 Å². The molecule has 0 saturated heterocycles. The van der Waals surface area contributed by atoms with Gasteiger partial charge in [0.2, 0.25) is 0 Å². The second kappa shape index (κ2) is 11.0. The molecule has 156 valence electrons. The summed E-state index contributed by atoms with van der Waals surface area (Å²) in [6.45, 7) is 2.73. The Morgan fingerprint density at radius 2 is 1.47 bits per heavy atom. The Bertz CT molecular complexity index is 930. The first kappa shape index (κ1) is 21.4. The van der Waals surface area contributed by atoms with E-state index in [4.69, 9.17) is 15.2 Å². The number of carbonyl (C=O) groups excluding carboxylic acids is 1. The fourth-order valence-electron chi connectivity index (χ4n) is 3.05. The molecule has 0 fully saturated rings. The lowest BCUT2D eigenvalue weighted by molar-refractivity contribution is 0.0930. The van der Waals surface area contributed by atoms with Crippen LogP contribution in [0, 0.1) is 0 Å². The van der Waals surface area contributed by atoms with E-state index >= 15 is 0 Å². The summed E-state index contributed by atoms with van der Waals surface area (Å²) in [4.78, 5) is 12.9. The number of para-hydroxylation sites is 1. The molecule has 0 aliphatic carbocycles. The zero-order chi connectivity index (χ0) is 21.2. The molecule has 30 heavy (non-hydrogen) atoms. The van der Waals surface area contributed by atoms with Crippen molar-refractivity contribution in [3.05, 3.63) is 95.6 Å². The van der Waals surface area contributed by atoms with Crippen molar-refractivity contribution < 1.29 is 14.3 Å². The zero-order valence-corrected chi connectivity index (χ0v) is 17.2. The zero-order valence-electron chi connectivity index (χ0n) is 17.2. The first-order chi connectivity index (χ1) is 14.7. The van der Waals surface area contributed by atoms with Crippen molar-refractivity contribution in [2.24, 2.45) is 5.73 Å². The minimum absolute atomic E-state index is 0.274. The molecule has 3 rings (SSSR count). The molecule has 0 heterocycles. The Labute approximate surface area is 177 Å². The Hall–Kier alpha value is -3.31. The number of rotatable bonds is 10. The van der Waals surface area contributed by atoms with E-state index in [1.807, 2.05) is 73.7 Å². The number of amides is 1. The molecular formula is C25H28N2O3. The van der Waals surface area contributed by atoms with Crippen LogP contribution in [0.5, 0.6) is 11.5 Å². The third-order valence-electron chi connectivity index (χ3n) is 4.60. The summed E-state index contributed by atoms with van der Waals surface area (Å²) < 4.78 is 12.1. The third-order valence-corrected chi connectivity index (χ3v) is 4.60. The molecule has 0 radical (unpaired) electrons. The van der Waals surface area contributed by atoms with Crippen molar-refractivity contribution in [3.8, 4) is 11.5 Å². The fourth-order valence-corrected chi connectivity index (χ4v) is 3.05. The highest BCUT2D eigenvalue weighted by Crippen LogP contribution is 2.33. The fraction of sp³-hybridized carbons (Fsp3) is 0.240. The normalized spacial score (nSPS) is 11.5. The number of benzene rings is 3. The molecule has 0 aliphatic rings. The van der Waals surface area contributed by atoms with E-state index in [1.54, 1.807) is 12.1 Å². The van der Waals surface area contributed by atoms with Gasteiger partial charge in [-0.1, -0.05) is 80.1 Å². The van der Waals surface area contributed by atoms with Gasteiger partial charge < -0.3 is 20.5 Å². The van der Waals surface area contributed by atoms with Crippen LogP contribution >= 0.6 is 0 Å². The van der Waals surface area contributed by atoms with Crippen LogP contribution in [-0.2, 0) is 13.2 Å². The summed E-state index contributed by atoms with van der Waals surface area (Å²) in [5.41, 5.74) is 8.45. The van der Waals surface area contributed by atoms with Crippen LogP contribution in [0.4, 0.5) is 0 Å². The lowest BCUT2D eigenvalue weighted by Gasteiger charge is -2.18. The van der Waals surface area contributed by atoms with Gasteiger partial charge in [0.15, 0.2) is 11.5 Å². The first-order valence-corrected chi connectivity index (χ1v) is 10.2. The maximum absolute atomic E-state index is 12.9. The van der Waals surface area contributed by atoms with Crippen LogP contribution in [-0.4, -0.2) is 12.1 Å². The summed E-state index contributed by atoms with van der Waals surface area (Å²) in [6.07, 6.45) is 1.19. The van der Waals surface area contributed by atoms with Crippen LogP contribution in [0.1, 0.15) is 41.3 Å². The van der Waals surface area contributed by atoms with E-state index in [0.717, 1.165) is 17.5 Å². The topological polar surface area (TPSA) is 73.6 Å². The van der Waals surface area contributed by atoms with Crippen molar-refractivity contribution in [1.82, 2.24) is 5.32 Å². The molecule has 0 saturated carbocycles. The lowest BCUT2D eigenvalue weighted by atomic mass is 10.1. The molecule has 3 aromatic rings. The van der Waals surface area contributed by atoms with E-state index in [-0.39, 0.29) is 5.91 Å². The highest BCUT2D eigenvalue weighted by atomic mass is 16.5.